The monoisotopic (exact) mass is 262 g/mol. The van der Waals surface area contributed by atoms with Crippen molar-refractivity contribution in [1.29, 1.82) is 0 Å². The third kappa shape index (κ3) is 3.47. The van der Waals surface area contributed by atoms with Crippen molar-refractivity contribution in [2.24, 2.45) is 0 Å². The molecule has 1 heterocycles. The third-order valence-electron chi connectivity index (χ3n) is 3.63. The maximum atomic E-state index is 12.4. The average molecular weight is 262 g/mol. The highest BCUT2D eigenvalue weighted by atomic mass is 16.5. The molecule has 1 aromatic rings. The molecule has 0 radical (unpaired) electrons. The van der Waals surface area contributed by atoms with Crippen molar-refractivity contribution in [3.05, 3.63) is 29.8 Å². The van der Waals surface area contributed by atoms with Crippen molar-refractivity contribution in [3.63, 3.8) is 0 Å². The van der Waals surface area contributed by atoms with Crippen LogP contribution in [0.1, 0.15) is 23.2 Å². The number of likely N-dealkylation sites (N-methyl/N-ethyl adjacent to an activating group) is 1. The second kappa shape index (κ2) is 6.57. The molecule has 0 aromatic heterocycles. The third-order valence-corrected chi connectivity index (χ3v) is 3.63. The number of carbonyl (C=O) groups excluding carboxylic acids is 1. The summed E-state index contributed by atoms with van der Waals surface area (Å²) in [5, 5.41) is 0. The Labute approximate surface area is 115 Å². The number of nitrogens with zero attached hydrogens (tertiary/aromatic N) is 2. The molecule has 0 N–H and O–H groups in total. The molecule has 4 heteroatoms. The van der Waals surface area contributed by atoms with E-state index in [0.717, 1.165) is 26.2 Å². The molecule has 19 heavy (non-hydrogen) atoms. The van der Waals surface area contributed by atoms with Gasteiger partial charge < -0.3 is 14.5 Å². The highest BCUT2D eigenvalue weighted by molar-refractivity contribution is 5.96. The standard InChI is InChI=1S/C15H22N2O2/c1-16(11-12-17-9-5-6-10-17)15(18)13-7-3-4-8-14(13)19-2/h3-4,7-8H,5-6,9-12H2,1-2H3. The minimum atomic E-state index is 0.0247. The van der Waals surface area contributed by atoms with E-state index < -0.39 is 0 Å². The Balaban J connectivity index is 1.94. The number of ether oxygens (including phenoxy) is 1. The van der Waals surface area contributed by atoms with Crippen molar-refractivity contribution in [2.45, 2.75) is 12.8 Å². The number of para-hydroxylation sites is 1. The summed E-state index contributed by atoms with van der Waals surface area (Å²) in [6.07, 6.45) is 2.56. The summed E-state index contributed by atoms with van der Waals surface area (Å²) in [6, 6.07) is 7.37. The van der Waals surface area contributed by atoms with Gasteiger partial charge in [-0.25, -0.2) is 0 Å². The molecule has 1 aliphatic rings. The van der Waals surface area contributed by atoms with E-state index in [-0.39, 0.29) is 5.91 Å². The molecule has 0 saturated carbocycles. The topological polar surface area (TPSA) is 32.8 Å². The van der Waals surface area contributed by atoms with Crippen molar-refractivity contribution >= 4 is 5.91 Å². The molecule has 1 aliphatic heterocycles. The van der Waals surface area contributed by atoms with Crippen LogP contribution in [0, 0.1) is 0 Å². The Morgan fingerprint density at radius 3 is 2.68 bits per heavy atom. The highest BCUT2D eigenvalue weighted by Gasteiger charge is 2.17. The van der Waals surface area contributed by atoms with E-state index in [1.807, 2.05) is 31.3 Å². The Hall–Kier alpha value is -1.55. The Bertz CT molecular complexity index is 428. The first-order valence-electron chi connectivity index (χ1n) is 6.83. The molecule has 0 spiro atoms. The molecule has 1 aromatic carbocycles. The van der Waals surface area contributed by atoms with Crippen molar-refractivity contribution in [2.75, 3.05) is 40.3 Å². The lowest BCUT2D eigenvalue weighted by molar-refractivity contribution is 0.0779. The van der Waals surface area contributed by atoms with Gasteiger partial charge in [0.2, 0.25) is 0 Å². The van der Waals surface area contributed by atoms with E-state index in [1.54, 1.807) is 12.0 Å². The van der Waals surface area contributed by atoms with E-state index in [2.05, 4.69) is 4.90 Å². The minimum Gasteiger partial charge on any atom is -0.496 e. The smallest absolute Gasteiger partial charge is 0.257 e. The van der Waals surface area contributed by atoms with E-state index in [9.17, 15) is 4.79 Å². The van der Waals surface area contributed by atoms with Gasteiger partial charge in [0.05, 0.1) is 12.7 Å². The average Bonchev–Trinajstić information content (AvgIpc) is 2.97. The zero-order valence-electron chi connectivity index (χ0n) is 11.8. The second-order valence-electron chi connectivity index (χ2n) is 4.98. The number of hydrogen-bond donors (Lipinski definition) is 0. The fraction of sp³-hybridized carbons (Fsp3) is 0.533. The normalized spacial score (nSPS) is 15.5. The van der Waals surface area contributed by atoms with Gasteiger partial charge in [-0.3, -0.25) is 4.79 Å². The van der Waals surface area contributed by atoms with Gasteiger partial charge in [-0.05, 0) is 38.1 Å². The number of rotatable bonds is 5. The Morgan fingerprint density at radius 1 is 1.32 bits per heavy atom. The number of likely N-dealkylation sites (tertiary alicyclic amines) is 1. The zero-order valence-corrected chi connectivity index (χ0v) is 11.8. The Kier molecular flexibility index (Phi) is 4.80. The first-order chi connectivity index (χ1) is 9.22. The van der Waals surface area contributed by atoms with Crippen LogP contribution >= 0.6 is 0 Å². The van der Waals surface area contributed by atoms with Gasteiger partial charge in [-0.1, -0.05) is 12.1 Å². The summed E-state index contributed by atoms with van der Waals surface area (Å²) >= 11 is 0. The molecule has 1 saturated heterocycles. The predicted octanol–water partition coefficient (Wildman–Crippen LogP) is 1.86. The molecular formula is C15H22N2O2. The number of methoxy groups -OCH3 is 1. The largest absolute Gasteiger partial charge is 0.496 e. The molecule has 1 fully saturated rings. The van der Waals surface area contributed by atoms with Crippen LogP contribution in [-0.4, -0.2) is 56.0 Å². The quantitative estimate of drug-likeness (QED) is 0.812. The lowest BCUT2D eigenvalue weighted by atomic mass is 10.2. The summed E-state index contributed by atoms with van der Waals surface area (Å²) in [6.45, 7) is 4.04. The summed E-state index contributed by atoms with van der Waals surface area (Å²) < 4.78 is 5.24. The number of benzene rings is 1. The first kappa shape index (κ1) is 13.9. The van der Waals surface area contributed by atoms with Crippen LogP contribution in [0.25, 0.3) is 0 Å². The molecule has 4 nitrogen and oxygen atoms in total. The maximum Gasteiger partial charge on any atom is 0.257 e. The van der Waals surface area contributed by atoms with Gasteiger partial charge in [0.15, 0.2) is 0 Å². The predicted molar refractivity (Wildman–Crippen MR) is 75.6 cm³/mol. The molecule has 2 rings (SSSR count). The summed E-state index contributed by atoms with van der Waals surface area (Å²) in [7, 11) is 3.45. The van der Waals surface area contributed by atoms with Crippen LogP contribution in [0.3, 0.4) is 0 Å². The molecule has 0 bridgehead atoms. The van der Waals surface area contributed by atoms with Gasteiger partial charge >= 0.3 is 0 Å². The summed E-state index contributed by atoms with van der Waals surface area (Å²) in [5.41, 5.74) is 0.633. The molecular weight excluding hydrogens is 240 g/mol. The van der Waals surface area contributed by atoms with E-state index in [0.29, 0.717) is 11.3 Å². The van der Waals surface area contributed by atoms with E-state index in [1.165, 1.54) is 12.8 Å². The van der Waals surface area contributed by atoms with Crippen molar-refractivity contribution in [3.8, 4) is 5.75 Å². The van der Waals surface area contributed by atoms with Gasteiger partial charge in [0, 0.05) is 20.1 Å². The van der Waals surface area contributed by atoms with Crippen LogP contribution in [0.2, 0.25) is 0 Å². The van der Waals surface area contributed by atoms with Crippen LogP contribution in [-0.2, 0) is 0 Å². The lowest BCUT2D eigenvalue weighted by Gasteiger charge is -2.22. The van der Waals surface area contributed by atoms with Gasteiger partial charge in [-0.15, -0.1) is 0 Å². The first-order valence-corrected chi connectivity index (χ1v) is 6.83. The number of hydrogen-bond acceptors (Lipinski definition) is 3. The maximum absolute atomic E-state index is 12.4. The summed E-state index contributed by atoms with van der Waals surface area (Å²) in [4.78, 5) is 16.5. The zero-order chi connectivity index (χ0) is 13.7. The van der Waals surface area contributed by atoms with E-state index >= 15 is 0 Å². The molecule has 104 valence electrons. The SMILES string of the molecule is COc1ccccc1C(=O)N(C)CCN1CCCC1. The number of amides is 1. The van der Waals surface area contributed by atoms with Gasteiger partial charge in [0.25, 0.3) is 5.91 Å². The van der Waals surface area contributed by atoms with E-state index in [4.69, 9.17) is 4.74 Å². The second-order valence-corrected chi connectivity index (χ2v) is 4.98. The minimum absolute atomic E-state index is 0.0247. The van der Waals surface area contributed by atoms with Crippen LogP contribution < -0.4 is 4.74 Å². The molecule has 0 aliphatic carbocycles. The lowest BCUT2D eigenvalue weighted by Crippen LogP contribution is -2.35. The molecule has 0 atom stereocenters. The van der Waals surface area contributed by atoms with Crippen molar-refractivity contribution in [1.82, 2.24) is 9.80 Å². The van der Waals surface area contributed by atoms with Gasteiger partial charge in [0.1, 0.15) is 5.75 Å². The fourth-order valence-electron chi connectivity index (χ4n) is 2.43. The summed E-state index contributed by atoms with van der Waals surface area (Å²) in [5.74, 6) is 0.664. The van der Waals surface area contributed by atoms with Crippen LogP contribution in [0.5, 0.6) is 5.75 Å². The molecule has 1 amide bonds. The molecule has 0 unspecified atom stereocenters. The van der Waals surface area contributed by atoms with Gasteiger partial charge in [-0.2, -0.15) is 0 Å². The van der Waals surface area contributed by atoms with Crippen LogP contribution in [0.4, 0.5) is 0 Å². The highest BCUT2D eigenvalue weighted by Crippen LogP contribution is 2.18. The Morgan fingerprint density at radius 2 is 2.00 bits per heavy atom. The van der Waals surface area contributed by atoms with Crippen molar-refractivity contribution < 1.29 is 9.53 Å². The fourth-order valence-corrected chi connectivity index (χ4v) is 2.43. The van der Waals surface area contributed by atoms with Crippen LogP contribution in [0.15, 0.2) is 24.3 Å². The number of carbonyl (C=O) groups is 1.